The third-order valence-electron chi connectivity index (χ3n) is 6.65. The first-order valence-electron chi connectivity index (χ1n) is 11.3. The second kappa shape index (κ2) is 8.44. The normalized spacial score (nSPS) is 15.0. The van der Waals surface area contributed by atoms with E-state index in [4.69, 9.17) is 0 Å². The van der Waals surface area contributed by atoms with E-state index in [9.17, 15) is 4.79 Å². The van der Waals surface area contributed by atoms with Crippen LogP contribution in [0.15, 0.2) is 36.5 Å². The lowest BCUT2D eigenvalue weighted by Gasteiger charge is -2.36. The number of nitrogens with zero attached hydrogens (tertiary/aromatic N) is 5. The third-order valence-corrected chi connectivity index (χ3v) is 6.65. The van der Waals surface area contributed by atoms with E-state index in [0.717, 1.165) is 59.6 Å². The SMILES string of the molecule is Cc1n[nH]c(C)c1-c1cc(C(=O)c2nc3ccc(N4CCC(N(C)C)CC4)cc3[nH]2)ccn1. The van der Waals surface area contributed by atoms with Crippen LogP contribution in [-0.2, 0) is 0 Å². The Morgan fingerprint density at radius 1 is 1.12 bits per heavy atom. The molecule has 170 valence electrons. The van der Waals surface area contributed by atoms with E-state index in [1.54, 1.807) is 18.3 Å². The molecule has 0 unspecified atom stereocenters. The number of hydrogen-bond acceptors (Lipinski definition) is 6. The molecule has 0 saturated carbocycles. The minimum Gasteiger partial charge on any atom is -0.371 e. The number of carbonyl (C=O) groups excluding carboxylic acids is 1. The largest absolute Gasteiger partial charge is 0.371 e. The molecule has 0 atom stereocenters. The van der Waals surface area contributed by atoms with E-state index in [-0.39, 0.29) is 5.78 Å². The summed E-state index contributed by atoms with van der Waals surface area (Å²) in [5, 5.41) is 7.21. The molecule has 0 bridgehead atoms. The number of ketones is 1. The van der Waals surface area contributed by atoms with Gasteiger partial charge in [-0.05, 0) is 71.1 Å². The third kappa shape index (κ3) is 4.02. The van der Waals surface area contributed by atoms with Gasteiger partial charge in [0.25, 0.3) is 0 Å². The van der Waals surface area contributed by atoms with Crippen LogP contribution in [0, 0.1) is 13.8 Å². The van der Waals surface area contributed by atoms with Crippen LogP contribution in [0.5, 0.6) is 0 Å². The molecule has 2 N–H and O–H groups in total. The van der Waals surface area contributed by atoms with Crippen LogP contribution in [0.4, 0.5) is 5.69 Å². The van der Waals surface area contributed by atoms with Gasteiger partial charge < -0.3 is 14.8 Å². The average molecular weight is 444 g/mol. The van der Waals surface area contributed by atoms with Gasteiger partial charge in [-0.1, -0.05) is 0 Å². The number of nitrogens with one attached hydrogen (secondary N) is 2. The summed E-state index contributed by atoms with van der Waals surface area (Å²) < 4.78 is 0. The van der Waals surface area contributed by atoms with E-state index in [1.165, 1.54) is 5.69 Å². The van der Waals surface area contributed by atoms with Crippen molar-refractivity contribution in [2.24, 2.45) is 0 Å². The van der Waals surface area contributed by atoms with Crippen molar-refractivity contribution < 1.29 is 4.79 Å². The Kier molecular flexibility index (Phi) is 5.46. The van der Waals surface area contributed by atoms with Gasteiger partial charge in [-0.15, -0.1) is 0 Å². The number of hydrogen-bond donors (Lipinski definition) is 2. The first kappa shape index (κ1) is 21.3. The highest BCUT2D eigenvalue weighted by atomic mass is 16.1. The molecule has 0 amide bonds. The van der Waals surface area contributed by atoms with Crippen molar-refractivity contribution in [2.45, 2.75) is 32.7 Å². The molecule has 1 aliphatic heterocycles. The zero-order valence-corrected chi connectivity index (χ0v) is 19.5. The van der Waals surface area contributed by atoms with Crippen molar-refractivity contribution in [3.8, 4) is 11.3 Å². The summed E-state index contributed by atoms with van der Waals surface area (Å²) >= 11 is 0. The van der Waals surface area contributed by atoms with Crippen molar-refractivity contribution in [3.63, 3.8) is 0 Å². The number of rotatable bonds is 5. The summed E-state index contributed by atoms with van der Waals surface area (Å²) in [5.41, 5.74) is 6.82. The zero-order chi connectivity index (χ0) is 23.1. The molecule has 1 fully saturated rings. The van der Waals surface area contributed by atoms with Gasteiger partial charge in [-0.3, -0.25) is 14.9 Å². The van der Waals surface area contributed by atoms with E-state index in [1.807, 2.05) is 19.9 Å². The van der Waals surface area contributed by atoms with Gasteiger partial charge in [0, 0.05) is 47.8 Å². The second-order valence-corrected chi connectivity index (χ2v) is 9.04. The molecule has 1 saturated heterocycles. The van der Waals surface area contributed by atoms with E-state index < -0.39 is 0 Å². The fourth-order valence-electron chi connectivity index (χ4n) is 4.72. The van der Waals surface area contributed by atoms with E-state index >= 15 is 0 Å². The lowest BCUT2D eigenvalue weighted by atomic mass is 10.0. The van der Waals surface area contributed by atoms with Crippen LogP contribution < -0.4 is 4.90 Å². The highest BCUT2D eigenvalue weighted by Crippen LogP contribution is 2.27. The van der Waals surface area contributed by atoms with Crippen molar-refractivity contribution in [3.05, 3.63) is 59.3 Å². The molecule has 8 nitrogen and oxygen atoms in total. The van der Waals surface area contributed by atoms with Crippen LogP contribution in [-0.4, -0.2) is 69.1 Å². The monoisotopic (exact) mass is 443 g/mol. The van der Waals surface area contributed by atoms with Gasteiger partial charge in [0.1, 0.15) is 0 Å². The average Bonchev–Trinajstić information content (AvgIpc) is 3.40. The summed E-state index contributed by atoms with van der Waals surface area (Å²) in [4.78, 5) is 30.2. The molecule has 4 heterocycles. The maximum Gasteiger partial charge on any atom is 0.228 e. The number of aryl methyl sites for hydroxylation is 2. The Balaban J connectivity index is 1.40. The molecular formula is C25H29N7O. The van der Waals surface area contributed by atoms with Gasteiger partial charge in [-0.2, -0.15) is 5.10 Å². The van der Waals surface area contributed by atoms with Crippen molar-refractivity contribution in [2.75, 3.05) is 32.1 Å². The quantitative estimate of drug-likeness (QED) is 0.457. The number of pyridine rings is 1. The Hall–Kier alpha value is -3.52. The Bertz CT molecular complexity index is 1290. The number of benzene rings is 1. The number of aromatic amines is 2. The van der Waals surface area contributed by atoms with Gasteiger partial charge >= 0.3 is 0 Å². The van der Waals surface area contributed by atoms with Gasteiger partial charge in [0.05, 0.1) is 22.4 Å². The van der Waals surface area contributed by atoms with Crippen LogP contribution in [0.1, 0.15) is 40.4 Å². The van der Waals surface area contributed by atoms with Crippen LogP contribution in [0.25, 0.3) is 22.3 Å². The van der Waals surface area contributed by atoms with Gasteiger partial charge in [-0.25, -0.2) is 4.98 Å². The molecule has 8 heteroatoms. The first-order chi connectivity index (χ1) is 15.9. The Labute approximate surface area is 193 Å². The minimum absolute atomic E-state index is 0.151. The molecule has 5 rings (SSSR count). The van der Waals surface area contributed by atoms with E-state index in [2.05, 4.69) is 61.2 Å². The molecule has 1 aliphatic rings. The number of H-pyrrole nitrogens is 2. The molecule has 0 spiro atoms. The fourth-order valence-corrected chi connectivity index (χ4v) is 4.72. The van der Waals surface area contributed by atoms with Crippen LogP contribution in [0.2, 0.25) is 0 Å². The zero-order valence-electron chi connectivity index (χ0n) is 19.5. The Morgan fingerprint density at radius 2 is 1.91 bits per heavy atom. The number of anilines is 1. The number of imidazole rings is 1. The second-order valence-electron chi connectivity index (χ2n) is 9.04. The number of piperidine rings is 1. The van der Waals surface area contributed by atoms with E-state index in [0.29, 0.717) is 17.4 Å². The fraction of sp³-hybridized carbons (Fsp3) is 0.360. The predicted molar refractivity (Wildman–Crippen MR) is 130 cm³/mol. The van der Waals surface area contributed by atoms with Crippen molar-refractivity contribution >= 4 is 22.5 Å². The summed E-state index contributed by atoms with van der Waals surface area (Å²) in [6, 6.07) is 10.4. The highest BCUT2D eigenvalue weighted by Gasteiger charge is 2.22. The summed E-state index contributed by atoms with van der Waals surface area (Å²) in [6.07, 6.45) is 3.96. The summed E-state index contributed by atoms with van der Waals surface area (Å²) in [6.45, 7) is 5.93. The lowest BCUT2D eigenvalue weighted by Crippen LogP contribution is -2.41. The van der Waals surface area contributed by atoms with Gasteiger partial charge in [0.2, 0.25) is 5.78 Å². The number of carbonyl (C=O) groups is 1. The maximum atomic E-state index is 13.2. The summed E-state index contributed by atoms with van der Waals surface area (Å²) in [5.74, 6) is 0.188. The minimum atomic E-state index is -0.151. The van der Waals surface area contributed by atoms with Crippen molar-refractivity contribution in [1.82, 2.24) is 30.0 Å². The topological polar surface area (TPSA) is 93.8 Å². The smallest absolute Gasteiger partial charge is 0.228 e. The predicted octanol–water partition coefficient (Wildman–Crippen LogP) is 3.73. The first-order valence-corrected chi connectivity index (χ1v) is 11.3. The van der Waals surface area contributed by atoms with Crippen LogP contribution >= 0.6 is 0 Å². The molecule has 1 aromatic carbocycles. The Morgan fingerprint density at radius 3 is 2.61 bits per heavy atom. The molecule has 33 heavy (non-hydrogen) atoms. The summed E-state index contributed by atoms with van der Waals surface area (Å²) in [7, 11) is 4.30. The van der Waals surface area contributed by atoms with Crippen molar-refractivity contribution in [1.29, 1.82) is 0 Å². The number of aromatic nitrogens is 5. The van der Waals surface area contributed by atoms with Crippen LogP contribution in [0.3, 0.4) is 0 Å². The molecule has 0 radical (unpaired) electrons. The number of fused-ring (bicyclic) bond motifs is 1. The maximum absolute atomic E-state index is 13.2. The van der Waals surface area contributed by atoms with Gasteiger partial charge in [0.15, 0.2) is 5.82 Å². The molecule has 0 aliphatic carbocycles. The lowest BCUT2D eigenvalue weighted by molar-refractivity contribution is 0.103. The molecular weight excluding hydrogens is 414 g/mol. The molecule has 4 aromatic rings. The highest BCUT2D eigenvalue weighted by molar-refractivity contribution is 6.08. The standard InChI is InChI=1S/C25H29N7O/c1-15-23(16(2)30-29-15)22-13-17(7-10-26-22)24(33)25-27-20-6-5-19(14-21(20)28-25)32-11-8-18(9-12-32)31(3)4/h5-7,10,13-14,18H,8-9,11-12H2,1-4H3,(H,27,28)(H,29,30). The molecule has 3 aromatic heterocycles.